The van der Waals surface area contributed by atoms with Crippen LogP contribution >= 0.6 is 11.5 Å². The lowest BCUT2D eigenvalue weighted by Gasteiger charge is -2.08. The van der Waals surface area contributed by atoms with Crippen LogP contribution in [0.5, 0.6) is 0 Å². The maximum absolute atomic E-state index is 12.8. The van der Waals surface area contributed by atoms with Gasteiger partial charge in [0.15, 0.2) is 0 Å². The van der Waals surface area contributed by atoms with Crippen molar-refractivity contribution in [1.82, 2.24) is 9.36 Å². The summed E-state index contributed by atoms with van der Waals surface area (Å²) in [6.07, 6.45) is 9.52. The molecule has 1 aliphatic rings. The van der Waals surface area contributed by atoms with Gasteiger partial charge in [-0.3, -0.25) is 9.89 Å². The molecule has 2 heterocycles. The minimum absolute atomic E-state index is 0.236. The number of nitrogens with zero attached hydrogens (tertiary/aromatic N) is 4. The van der Waals surface area contributed by atoms with Crippen LogP contribution in [-0.2, 0) is 6.42 Å². The molecule has 20 heavy (non-hydrogen) atoms. The summed E-state index contributed by atoms with van der Waals surface area (Å²) in [5.41, 5.74) is 0.987. The Labute approximate surface area is 119 Å². The van der Waals surface area contributed by atoms with Crippen molar-refractivity contribution >= 4 is 22.9 Å². The quantitative estimate of drug-likeness (QED) is 0.870. The summed E-state index contributed by atoms with van der Waals surface area (Å²) in [6.45, 7) is 0. The first-order valence-electron chi connectivity index (χ1n) is 6.03. The molecule has 1 aromatic heterocycles. The smallest absolute Gasteiger partial charge is 0.213 e. The summed E-state index contributed by atoms with van der Waals surface area (Å²) in [4.78, 5) is 10.4. The fourth-order valence-electron chi connectivity index (χ4n) is 1.72. The van der Waals surface area contributed by atoms with E-state index in [1.54, 1.807) is 24.5 Å². The minimum atomic E-state index is -0.236. The Morgan fingerprint density at radius 3 is 2.85 bits per heavy atom. The fraction of sp³-hybridized carbons (Fsp3) is 0.0714. The third-order valence-corrected chi connectivity index (χ3v) is 3.45. The second kappa shape index (κ2) is 5.75. The molecule has 6 heteroatoms. The summed E-state index contributed by atoms with van der Waals surface area (Å²) >= 11 is 1.32. The van der Waals surface area contributed by atoms with Gasteiger partial charge in [-0.2, -0.15) is 4.37 Å². The van der Waals surface area contributed by atoms with Gasteiger partial charge >= 0.3 is 0 Å². The maximum atomic E-state index is 12.8. The SMILES string of the molecule is Fc1ccc(Cc2nsc(N3C=CC=NC=C3)n2)cc1. The van der Waals surface area contributed by atoms with Crippen LogP contribution in [0.15, 0.2) is 53.9 Å². The van der Waals surface area contributed by atoms with Gasteiger partial charge in [-0.1, -0.05) is 12.1 Å². The van der Waals surface area contributed by atoms with Crippen molar-refractivity contribution in [3.05, 3.63) is 66.1 Å². The van der Waals surface area contributed by atoms with E-state index in [2.05, 4.69) is 14.3 Å². The number of halogens is 1. The molecule has 0 bridgehead atoms. The van der Waals surface area contributed by atoms with Gasteiger partial charge in [0.1, 0.15) is 11.6 Å². The summed E-state index contributed by atoms with van der Waals surface area (Å²) in [6, 6.07) is 6.38. The molecule has 0 atom stereocenters. The molecule has 100 valence electrons. The summed E-state index contributed by atoms with van der Waals surface area (Å²) < 4.78 is 17.2. The third kappa shape index (κ3) is 2.97. The molecule has 0 fully saturated rings. The first-order valence-corrected chi connectivity index (χ1v) is 6.80. The number of benzene rings is 1. The molecule has 1 aliphatic heterocycles. The number of rotatable bonds is 3. The predicted octanol–water partition coefficient (Wildman–Crippen LogP) is 3.14. The molecule has 0 radical (unpaired) electrons. The van der Waals surface area contributed by atoms with E-state index in [0.29, 0.717) is 6.42 Å². The molecule has 0 unspecified atom stereocenters. The highest BCUT2D eigenvalue weighted by Crippen LogP contribution is 2.20. The van der Waals surface area contributed by atoms with Gasteiger partial charge in [0.25, 0.3) is 0 Å². The number of hydrogen-bond acceptors (Lipinski definition) is 5. The summed E-state index contributed by atoms with van der Waals surface area (Å²) in [5.74, 6) is 0.490. The van der Waals surface area contributed by atoms with Crippen molar-refractivity contribution in [2.75, 3.05) is 4.90 Å². The van der Waals surface area contributed by atoms with Crippen molar-refractivity contribution in [2.24, 2.45) is 4.99 Å². The Balaban J connectivity index is 1.75. The van der Waals surface area contributed by atoms with Gasteiger partial charge in [0, 0.05) is 42.8 Å². The minimum Gasteiger partial charge on any atom is -0.297 e. The third-order valence-electron chi connectivity index (χ3n) is 2.69. The molecule has 1 aromatic carbocycles. The highest BCUT2D eigenvalue weighted by atomic mass is 32.1. The Hall–Kier alpha value is -2.34. The van der Waals surface area contributed by atoms with E-state index >= 15 is 0 Å². The highest BCUT2D eigenvalue weighted by Gasteiger charge is 2.09. The Morgan fingerprint density at radius 1 is 1.15 bits per heavy atom. The van der Waals surface area contributed by atoms with Gasteiger partial charge in [-0.25, -0.2) is 9.37 Å². The van der Waals surface area contributed by atoms with E-state index in [1.807, 2.05) is 23.4 Å². The molecule has 2 aromatic rings. The van der Waals surface area contributed by atoms with Crippen LogP contribution in [0.4, 0.5) is 9.52 Å². The summed E-state index contributed by atoms with van der Waals surface area (Å²) in [7, 11) is 0. The van der Waals surface area contributed by atoms with Crippen molar-refractivity contribution in [1.29, 1.82) is 0 Å². The largest absolute Gasteiger partial charge is 0.297 e. The van der Waals surface area contributed by atoms with E-state index in [9.17, 15) is 4.39 Å². The highest BCUT2D eigenvalue weighted by molar-refractivity contribution is 7.09. The lowest BCUT2D eigenvalue weighted by molar-refractivity contribution is 0.627. The van der Waals surface area contributed by atoms with Gasteiger partial charge in [0.2, 0.25) is 5.13 Å². The van der Waals surface area contributed by atoms with Crippen LogP contribution < -0.4 is 4.90 Å². The van der Waals surface area contributed by atoms with Crippen molar-refractivity contribution in [3.63, 3.8) is 0 Å². The maximum Gasteiger partial charge on any atom is 0.213 e. The van der Waals surface area contributed by atoms with E-state index in [1.165, 1.54) is 23.7 Å². The standard InChI is InChI=1S/C14H11FN4S/c15-12-4-2-11(3-5-12)10-13-17-14(20-18-13)19-8-1-6-16-7-9-19/h1-9H,10H2. The first-order chi connectivity index (χ1) is 9.81. The van der Waals surface area contributed by atoms with Gasteiger partial charge in [-0.05, 0) is 23.8 Å². The van der Waals surface area contributed by atoms with Crippen LogP contribution in [0.2, 0.25) is 0 Å². The van der Waals surface area contributed by atoms with E-state index in [0.717, 1.165) is 16.5 Å². The second-order valence-electron chi connectivity index (χ2n) is 4.14. The number of aromatic nitrogens is 2. The molecular formula is C14H11FN4S. The zero-order chi connectivity index (χ0) is 13.8. The second-order valence-corrected chi connectivity index (χ2v) is 4.87. The number of hydrogen-bond donors (Lipinski definition) is 0. The Morgan fingerprint density at radius 2 is 2.00 bits per heavy atom. The van der Waals surface area contributed by atoms with Crippen LogP contribution in [0.1, 0.15) is 11.4 Å². The van der Waals surface area contributed by atoms with Crippen LogP contribution in [0.3, 0.4) is 0 Å². The molecular weight excluding hydrogens is 275 g/mol. The zero-order valence-electron chi connectivity index (χ0n) is 10.5. The monoisotopic (exact) mass is 286 g/mol. The molecule has 0 spiro atoms. The summed E-state index contributed by atoms with van der Waals surface area (Å²) in [5, 5.41) is 0.778. The topological polar surface area (TPSA) is 41.4 Å². The van der Waals surface area contributed by atoms with Crippen LogP contribution in [-0.4, -0.2) is 15.6 Å². The van der Waals surface area contributed by atoms with Gasteiger partial charge in [-0.15, -0.1) is 0 Å². The number of allylic oxidation sites excluding steroid dienone is 1. The lowest BCUT2D eigenvalue weighted by atomic mass is 10.1. The van der Waals surface area contributed by atoms with Gasteiger partial charge in [0.05, 0.1) is 0 Å². The van der Waals surface area contributed by atoms with Gasteiger partial charge < -0.3 is 0 Å². The Kier molecular flexibility index (Phi) is 3.64. The van der Waals surface area contributed by atoms with Crippen molar-refractivity contribution < 1.29 is 4.39 Å². The van der Waals surface area contributed by atoms with Crippen LogP contribution in [0.25, 0.3) is 0 Å². The average molecular weight is 286 g/mol. The molecule has 0 saturated carbocycles. The molecule has 0 amide bonds. The van der Waals surface area contributed by atoms with Crippen molar-refractivity contribution in [2.45, 2.75) is 6.42 Å². The number of anilines is 1. The molecule has 3 rings (SSSR count). The Bertz CT molecular complexity index is 657. The first kappa shape index (κ1) is 12.7. The van der Waals surface area contributed by atoms with E-state index < -0.39 is 0 Å². The molecule has 0 saturated heterocycles. The molecule has 0 aliphatic carbocycles. The van der Waals surface area contributed by atoms with Crippen molar-refractivity contribution in [3.8, 4) is 0 Å². The normalized spacial score (nSPS) is 13.8. The lowest BCUT2D eigenvalue weighted by Crippen LogP contribution is -2.05. The number of aliphatic imine (C=N–C) groups is 1. The van der Waals surface area contributed by atoms with E-state index in [-0.39, 0.29) is 5.82 Å². The molecule has 0 N–H and O–H groups in total. The average Bonchev–Trinajstić information content (AvgIpc) is 2.74. The molecule has 4 nitrogen and oxygen atoms in total. The predicted molar refractivity (Wildman–Crippen MR) is 78.4 cm³/mol. The van der Waals surface area contributed by atoms with Crippen LogP contribution in [0, 0.1) is 5.82 Å². The zero-order valence-corrected chi connectivity index (χ0v) is 11.3. The van der Waals surface area contributed by atoms with E-state index in [4.69, 9.17) is 0 Å². The fourth-order valence-corrected chi connectivity index (χ4v) is 2.38.